The Morgan fingerprint density at radius 2 is 1.56 bits per heavy atom. The zero-order chi connectivity index (χ0) is 18.4. The van der Waals surface area contributed by atoms with Gasteiger partial charge in [0, 0.05) is 38.7 Å². The Labute approximate surface area is 152 Å². The van der Waals surface area contributed by atoms with Crippen LogP contribution in [0.5, 0.6) is 0 Å². The number of anilines is 1. The minimum absolute atomic E-state index is 0.0211. The second-order valence-corrected chi connectivity index (χ2v) is 8.01. The predicted molar refractivity (Wildman–Crippen MR) is 103 cm³/mol. The molecule has 2 amide bonds. The molecule has 1 saturated heterocycles. The third-order valence-corrected chi connectivity index (χ3v) is 4.93. The molecule has 1 fully saturated rings. The molecular weight excluding hydrogens is 312 g/mol. The second-order valence-electron chi connectivity index (χ2n) is 8.01. The fourth-order valence-electron chi connectivity index (χ4n) is 3.30. The summed E-state index contributed by atoms with van der Waals surface area (Å²) in [7, 11) is 0. The number of rotatable bonds is 4. The van der Waals surface area contributed by atoms with Crippen molar-refractivity contribution in [1.29, 1.82) is 0 Å². The first kappa shape index (κ1) is 19.5. The Morgan fingerprint density at radius 1 is 1.00 bits per heavy atom. The van der Waals surface area contributed by atoms with E-state index in [0.29, 0.717) is 13.0 Å². The van der Waals surface area contributed by atoms with Crippen LogP contribution >= 0.6 is 0 Å². The van der Waals surface area contributed by atoms with Crippen molar-refractivity contribution in [2.45, 2.75) is 65.2 Å². The average molecular weight is 344 g/mol. The summed E-state index contributed by atoms with van der Waals surface area (Å²) in [5.41, 5.74) is 2.19. The summed E-state index contributed by atoms with van der Waals surface area (Å²) in [6, 6.07) is 8.11. The fourth-order valence-corrected chi connectivity index (χ4v) is 3.30. The van der Waals surface area contributed by atoms with Crippen molar-refractivity contribution in [3.8, 4) is 0 Å². The van der Waals surface area contributed by atoms with E-state index in [9.17, 15) is 9.59 Å². The average Bonchev–Trinajstić information content (AvgIpc) is 2.83. The van der Waals surface area contributed by atoms with Crippen molar-refractivity contribution in [1.82, 2.24) is 4.90 Å². The summed E-state index contributed by atoms with van der Waals surface area (Å²) in [5.74, 6) is 0.145. The smallest absolute Gasteiger partial charge is 0.224 e. The normalized spacial score (nSPS) is 15.6. The van der Waals surface area contributed by atoms with Gasteiger partial charge in [0.2, 0.25) is 11.8 Å². The van der Waals surface area contributed by atoms with E-state index < -0.39 is 0 Å². The van der Waals surface area contributed by atoms with Crippen LogP contribution in [0, 0.1) is 0 Å². The molecule has 1 aromatic rings. The van der Waals surface area contributed by atoms with Crippen molar-refractivity contribution < 1.29 is 9.59 Å². The van der Waals surface area contributed by atoms with Crippen LogP contribution in [0.25, 0.3) is 0 Å². The summed E-state index contributed by atoms with van der Waals surface area (Å²) in [5, 5.41) is 0. The lowest BCUT2D eigenvalue weighted by Crippen LogP contribution is -2.36. The van der Waals surface area contributed by atoms with E-state index in [0.717, 1.165) is 31.6 Å². The van der Waals surface area contributed by atoms with Gasteiger partial charge in [-0.05, 0) is 36.0 Å². The van der Waals surface area contributed by atoms with Gasteiger partial charge in [0.25, 0.3) is 0 Å². The highest BCUT2D eigenvalue weighted by molar-refractivity contribution is 5.92. The largest absolute Gasteiger partial charge is 0.343 e. The molecule has 2 rings (SSSR count). The van der Waals surface area contributed by atoms with E-state index in [1.165, 1.54) is 18.4 Å². The van der Waals surface area contributed by atoms with E-state index in [-0.39, 0.29) is 17.2 Å². The van der Waals surface area contributed by atoms with Crippen LogP contribution in [-0.2, 0) is 15.0 Å². The van der Waals surface area contributed by atoms with E-state index in [1.807, 2.05) is 17.0 Å². The van der Waals surface area contributed by atoms with Gasteiger partial charge in [-0.15, -0.1) is 0 Å². The Bertz CT molecular complexity index is 579. The molecule has 0 bridgehead atoms. The van der Waals surface area contributed by atoms with Gasteiger partial charge >= 0.3 is 0 Å². The maximum absolute atomic E-state index is 12.5. The summed E-state index contributed by atoms with van der Waals surface area (Å²) in [4.78, 5) is 28.2. The van der Waals surface area contributed by atoms with Gasteiger partial charge in [-0.25, -0.2) is 0 Å². The van der Waals surface area contributed by atoms with Crippen LogP contribution in [0.4, 0.5) is 5.69 Å². The van der Waals surface area contributed by atoms with E-state index in [2.05, 4.69) is 32.9 Å². The molecule has 0 aliphatic carbocycles. The fraction of sp³-hybridized carbons (Fsp3) is 0.619. The van der Waals surface area contributed by atoms with E-state index in [4.69, 9.17) is 0 Å². The molecule has 138 valence electrons. The Balaban J connectivity index is 2.01. The third kappa shape index (κ3) is 5.58. The van der Waals surface area contributed by atoms with Crippen LogP contribution < -0.4 is 4.90 Å². The predicted octanol–water partition coefficient (Wildman–Crippen LogP) is 4.13. The number of nitrogens with zero attached hydrogens (tertiary/aromatic N) is 2. The van der Waals surface area contributed by atoms with Gasteiger partial charge in [0.1, 0.15) is 0 Å². The molecule has 4 heteroatoms. The molecule has 0 saturated carbocycles. The van der Waals surface area contributed by atoms with Crippen molar-refractivity contribution >= 4 is 17.5 Å². The van der Waals surface area contributed by atoms with Gasteiger partial charge in [-0.2, -0.15) is 0 Å². The molecule has 1 heterocycles. The summed E-state index contributed by atoms with van der Waals surface area (Å²) >= 11 is 0. The molecule has 0 unspecified atom stereocenters. The van der Waals surface area contributed by atoms with Crippen molar-refractivity contribution in [2.75, 3.05) is 24.5 Å². The number of hydrogen-bond acceptors (Lipinski definition) is 2. The summed E-state index contributed by atoms with van der Waals surface area (Å²) < 4.78 is 0. The molecule has 4 nitrogen and oxygen atoms in total. The van der Waals surface area contributed by atoms with Gasteiger partial charge in [-0.1, -0.05) is 45.7 Å². The maximum Gasteiger partial charge on any atom is 0.224 e. The van der Waals surface area contributed by atoms with Gasteiger partial charge in [0.05, 0.1) is 0 Å². The second kappa shape index (κ2) is 8.50. The van der Waals surface area contributed by atoms with Crippen LogP contribution in [0.3, 0.4) is 0 Å². The minimum Gasteiger partial charge on any atom is -0.343 e. The summed E-state index contributed by atoms with van der Waals surface area (Å²) in [6.07, 6.45) is 5.00. The van der Waals surface area contributed by atoms with Gasteiger partial charge < -0.3 is 9.80 Å². The van der Waals surface area contributed by atoms with Crippen molar-refractivity contribution in [2.24, 2.45) is 0 Å². The Hall–Kier alpha value is -1.84. The highest BCUT2D eigenvalue weighted by Crippen LogP contribution is 2.25. The van der Waals surface area contributed by atoms with Crippen LogP contribution in [-0.4, -0.2) is 36.3 Å². The zero-order valence-electron chi connectivity index (χ0n) is 16.2. The molecule has 0 aromatic heterocycles. The first-order chi connectivity index (χ1) is 11.8. The molecule has 1 aromatic carbocycles. The lowest BCUT2D eigenvalue weighted by atomic mass is 9.87. The Morgan fingerprint density at radius 3 is 2.04 bits per heavy atom. The molecule has 0 N–H and O–H groups in total. The van der Waals surface area contributed by atoms with Crippen LogP contribution in [0.15, 0.2) is 24.3 Å². The quantitative estimate of drug-likeness (QED) is 0.824. The first-order valence-electron chi connectivity index (χ1n) is 9.45. The topological polar surface area (TPSA) is 40.6 Å². The number of benzene rings is 1. The lowest BCUT2D eigenvalue weighted by molar-refractivity contribution is -0.131. The number of likely N-dealkylation sites (tertiary alicyclic amines) is 1. The molecule has 1 aliphatic heterocycles. The number of hydrogen-bond donors (Lipinski definition) is 0. The van der Waals surface area contributed by atoms with Crippen molar-refractivity contribution in [3.63, 3.8) is 0 Å². The zero-order valence-corrected chi connectivity index (χ0v) is 16.2. The highest BCUT2D eigenvalue weighted by Gasteiger charge is 2.19. The molecule has 1 aliphatic rings. The third-order valence-electron chi connectivity index (χ3n) is 4.93. The monoisotopic (exact) mass is 344 g/mol. The SMILES string of the molecule is CC(=O)N(CCC(=O)N1CCCCCC1)c1ccc(C(C)(C)C)cc1. The molecule has 25 heavy (non-hydrogen) atoms. The molecule has 0 atom stereocenters. The number of amides is 2. The maximum atomic E-state index is 12.5. The number of carbonyl (C=O) groups excluding carboxylic acids is 2. The molecule has 0 radical (unpaired) electrons. The Kier molecular flexibility index (Phi) is 6.63. The molecular formula is C21H32N2O2. The standard InChI is InChI=1S/C21H32N2O2/c1-17(24)23(19-11-9-18(10-12-19)21(2,3)4)16-13-20(25)22-14-7-5-6-8-15-22/h9-12H,5-8,13-16H2,1-4H3. The van der Waals surface area contributed by atoms with Crippen LogP contribution in [0.2, 0.25) is 0 Å². The van der Waals surface area contributed by atoms with E-state index >= 15 is 0 Å². The lowest BCUT2D eigenvalue weighted by Gasteiger charge is -2.25. The van der Waals surface area contributed by atoms with E-state index in [1.54, 1.807) is 11.8 Å². The van der Waals surface area contributed by atoms with Gasteiger partial charge in [-0.3, -0.25) is 9.59 Å². The van der Waals surface area contributed by atoms with Crippen LogP contribution in [0.1, 0.15) is 65.4 Å². The first-order valence-corrected chi connectivity index (χ1v) is 9.45. The molecule has 0 spiro atoms. The van der Waals surface area contributed by atoms with Gasteiger partial charge in [0.15, 0.2) is 0 Å². The highest BCUT2D eigenvalue weighted by atomic mass is 16.2. The number of carbonyl (C=O) groups is 2. The van der Waals surface area contributed by atoms with Crippen molar-refractivity contribution in [3.05, 3.63) is 29.8 Å². The summed E-state index contributed by atoms with van der Waals surface area (Å²) in [6.45, 7) is 10.2. The minimum atomic E-state index is -0.0211.